The Kier molecular flexibility index (Phi) is 5.02. The lowest BCUT2D eigenvalue weighted by Gasteiger charge is -2.23. The molecule has 1 heterocycles. The largest absolute Gasteiger partial charge is 0.376 e. The van der Waals surface area contributed by atoms with Crippen LogP contribution in [0.4, 0.5) is 13.6 Å². The highest BCUT2D eigenvalue weighted by Gasteiger charge is 2.41. The summed E-state index contributed by atoms with van der Waals surface area (Å²) in [6, 6.07) is 4.04. The molecule has 1 saturated carbocycles. The molecule has 2 amide bonds. The molecule has 1 unspecified atom stereocenters. The Bertz CT molecular complexity index is 569. The Labute approximate surface area is 138 Å². The highest BCUT2D eigenvalue weighted by Crippen LogP contribution is 2.38. The lowest BCUT2D eigenvalue weighted by atomic mass is 10.1. The van der Waals surface area contributed by atoms with Gasteiger partial charge in [0.1, 0.15) is 6.04 Å². The number of carbonyl (C=O) groups excluding carboxylic acids is 1. The molecule has 4 nitrogen and oxygen atoms in total. The van der Waals surface area contributed by atoms with Gasteiger partial charge in [0.25, 0.3) is 6.43 Å². The maximum absolute atomic E-state index is 13.3. The third kappa shape index (κ3) is 4.12. The van der Waals surface area contributed by atoms with Crippen molar-refractivity contribution in [2.24, 2.45) is 5.92 Å². The second-order valence-corrected chi connectivity index (χ2v) is 6.49. The maximum atomic E-state index is 13.3. The Morgan fingerprint density at radius 1 is 1.30 bits per heavy atom. The van der Waals surface area contributed by atoms with E-state index in [1.807, 2.05) is 0 Å². The summed E-state index contributed by atoms with van der Waals surface area (Å²) in [5.41, 5.74) is 0.282. The first-order valence-corrected chi connectivity index (χ1v) is 8.14. The van der Waals surface area contributed by atoms with E-state index in [0.717, 1.165) is 12.8 Å². The van der Waals surface area contributed by atoms with E-state index in [1.54, 1.807) is 12.1 Å². The van der Waals surface area contributed by atoms with Crippen molar-refractivity contribution in [1.29, 1.82) is 0 Å². The van der Waals surface area contributed by atoms with Gasteiger partial charge in [0.2, 0.25) is 0 Å². The SMILES string of the molecule is O=C(NC(c1cccc(Cl)c1)C(F)F)N[C@@H]1CCO[C@H]1C1CC1. The van der Waals surface area contributed by atoms with Gasteiger partial charge in [-0.05, 0) is 42.9 Å². The van der Waals surface area contributed by atoms with Gasteiger partial charge in [0.15, 0.2) is 0 Å². The van der Waals surface area contributed by atoms with Crippen molar-refractivity contribution in [3.8, 4) is 0 Å². The fourth-order valence-corrected chi connectivity index (χ4v) is 3.20. The molecule has 1 aliphatic carbocycles. The van der Waals surface area contributed by atoms with Gasteiger partial charge >= 0.3 is 6.03 Å². The van der Waals surface area contributed by atoms with Crippen molar-refractivity contribution in [3.63, 3.8) is 0 Å². The van der Waals surface area contributed by atoms with Crippen LogP contribution in [-0.2, 0) is 4.74 Å². The van der Waals surface area contributed by atoms with Gasteiger partial charge < -0.3 is 15.4 Å². The molecule has 0 spiro atoms. The minimum Gasteiger partial charge on any atom is -0.376 e. The van der Waals surface area contributed by atoms with Crippen LogP contribution >= 0.6 is 11.6 Å². The smallest absolute Gasteiger partial charge is 0.315 e. The van der Waals surface area contributed by atoms with Gasteiger partial charge in [-0.2, -0.15) is 0 Å². The van der Waals surface area contributed by atoms with E-state index < -0.39 is 18.5 Å². The highest BCUT2D eigenvalue weighted by atomic mass is 35.5. The number of rotatable bonds is 5. The minimum atomic E-state index is -2.72. The fourth-order valence-electron chi connectivity index (χ4n) is 3.00. The monoisotopic (exact) mass is 344 g/mol. The second kappa shape index (κ2) is 7.01. The van der Waals surface area contributed by atoms with Crippen molar-refractivity contribution in [3.05, 3.63) is 34.9 Å². The molecule has 1 aliphatic heterocycles. The number of alkyl halides is 2. The number of ether oxygens (including phenoxy) is 1. The number of hydrogen-bond donors (Lipinski definition) is 2. The predicted molar refractivity (Wildman–Crippen MR) is 82.7 cm³/mol. The van der Waals surface area contributed by atoms with Gasteiger partial charge in [0.05, 0.1) is 12.1 Å². The summed E-state index contributed by atoms with van der Waals surface area (Å²) in [6.45, 7) is 0.596. The fraction of sp³-hybridized carbons (Fsp3) is 0.562. The van der Waals surface area contributed by atoms with Crippen molar-refractivity contribution in [1.82, 2.24) is 10.6 Å². The third-order valence-electron chi connectivity index (χ3n) is 4.29. The standard InChI is InChI=1S/C16H19ClF2N2O2/c17-11-3-1-2-10(8-11)13(15(18)19)21-16(22)20-12-6-7-23-14(12)9-4-5-9/h1-3,8-9,12-15H,4-7H2,(H2,20,21,22)/t12-,13?,14+/m1/s1. The van der Waals surface area contributed by atoms with Gasteiger partial charge in [-0.3, -0.25) is 0 Å². The number of amides is 2. The molecule has 0 bridgehead atoms. The van der Waals surface area contributed by atoms with Gasteiger partial charge in [-0.25, -0.2) is 13.6 Å². The van der Waals surface area contributed by atoms with Crippen molar-refractivity contribution < 1.29 is 18.3 Å². The number of halogens is 3. The molecule has 3 atom stereocenters. The van der Waals surface area contributed by atoms with E-state index in [-0.39, 0.29) is 17.7 Å². The highest BCUT2D eigenvalue weighted by molar-refractivity contribution is 6.30. The van der Waals surface area contributed by atoms with E-state index in [2.05, 4.69) is 10.6 Å². The number of nitrogens with one attached hydrogen (secondary N) is 2. The van der Waals surface area contributed by atoms with Crippen LogP contribution < -0.4 is 10.6 Å². The van der Waals surface area contributed by atoms with Crippen LogP contribution in [0, 0.1) is 5.92 Å². The van der Waals surface area contributed by atoms with E-state index in [1.165, 1.54) is 12.1 Å². The average Bonchev–Trinajstić information content (AvgIpc) is 3.25. The molecule has 0 aromatic heterocycles. The Morgan fingerprint density at radius 3 is 2.74 bits per heavy atom. The Balaban J connectivity index is 1.62. The molecule has 0 radical (unpaired) electrons. The zero-order valence-corrected chi connectivity index (χ0v) is 13.2. The molecular formula is C16H19ClF2N2O2. The second-order valence-electron chi connectivity index (χ2n) is 6.05. The molecule has 1 aromatic carbocycles. The van der Waals surface area contributed by atoms with E-state index in [9.17, 15) is 13.6 Å². The number of benzene rings is 1. The van der Waals surface area contributed by atoms with Crippen LogP contribution in [-0.4, -0.2) is 31.2 Å². The normalized spacial score (nSPS) is 25.4. The number of carbonyl (C=O) groups is 1. The molecule has 2 fully saturated rings. The Morgan fingerprint density at radius 2 is 2.09 bits per heavy atom. The first-order valence-electron chi connectivity index (χ1n) is 7.77. The summed E-state index contributed by atoms with van der Waals surface area (Å²) in [4.78, 5) is 12.1. The first kappa shape index (κ1) is 16.5. The molecule has 7 heteroatoms. The molecule has 2 N–H and O–H groups in total. The topological polar surface area (TPSA) is 50.4 Å². The third-order valence-corrected chi connectivity index (χ3v) is 4.52. The molecule has 2 aliphatic rings. The molecule has 3 rings (SSSR count). The summed E-state index contributed by atoms with van der Waals surface area (Å²) < 4.78 is 32.2. The molecule has 23 heavy (non-hydrogen) atoms. The van der Waals surface area contributed by atoms with Crippen molar-refractivity contribution in [2.45, 2.75) is 43.9 Å². The lowest BCUT2D eigenvalue weighted by molar-refractivity contribution is 0.0806. The van der Waals surface area contributed by atoms with Gasteiger partial charge in [-0.15, -0.1) is 0 Å². The molecule has 126 valence electrons. The summed E-state index contributed by atoms with van der Waals surface area (Å²) in [6.07, 6.45) is 0.208. The maximum Gasteiger partial charge on any atom is 0.315 e. The molecule has 1 saturated heterocycles. The van der Waals surface area contributed by atoms with Crippen LogP contribution in [0.2, 0.25) is 5.02 Å². The van der Waals surface area contributed by atoms with E-state index in [0.29, 0.717) is 24.0 Å². The van der Waals surface area contributed by atoms with Crippen LogP contribution in [0.3, 0.4) is 0 Å². The van der Waals surface area contributed by atoms with Gasteiger partial charge in [0, 0.05) is 11.6 Å². The lowest BCUT2D eigenvalue weighted by Crippen LogP contribution is -2.48. The van der Waals surface area contributed by atoms with Crippen LogP contribution in [0.5, 0.6) is 0 Å². The van der Waals surface area contributed by atoms with Crippen molar-refractivity contribution in [2.75, 3.05) is 6.61 Å². The van der Waals surface area contributed by atoms with Gasteiger partial charge in [-0.1, -0.05) is 23.7 Å². The number of urea groups is 1. The zero-order valence-electron chi connectivity index (χ0n) is 12.5. The minimum absolute atomic E-state index is 0.0110. The van der Waals surface area contributed by atoms with E-state index in [4.69, 9.17) is 16.3 Å². The zero-order chi connectivity index (χ0) is 16.4. The van der Waals surface area contributed by atoms with Crippen LogP contribution in [0.15, 0.2) is 24.3 Å². The number of hydrogen-bond acceptors (Lipinski definition) is 2. The molecule has 1 aromatic rings. The Hall–Kier alpha value is -1.40. The van der Waals surface area contributed by atoms with Crippen LogP contribution in [0.1, 0.15) is 30.9 Å². The summed E-state index contributed by atoms with van der Waals surface area (Å²) in [5, 5.41) is 5.49. The summed E-state index contributed by atoms with van der Waals surface area (Å²) >= 11 is 5.84. The van der Waals surface area contributed by atoms with E-state index >= 15 is 0 Å². The molecular weight excluding hydrogens is 326 g/mol. The van der Waals surface area contributed by atoms with Crippen LogP contribution in [0.25, 0.3) is 0 Å². The summed E-state index contributed by atoms with van der Waals surface area (Å²) in [5.74, 6) is 0.488. The quantitative estimate of drug-likeness (QED) is 0.858. The predicted octanol–water partition coefficient (Wildman–Crippen LogP) is 3.51. The summed E-state index contributed by atoms with van der Waals surface area (Å²) in [7, 11) is 0. The average molecular weight is 345 g/mol. The van der Waals surface area contributed by atoms with Crippen molar-refractivity contribution >= 4 is 17.6 Å². The first-order chi connectivity index (χ1) is 11.0.